The van der Waals surface area contributed by atoms with E-state index in [-0.39, 0.29) is 24.6 Å². The van der Waals surface area contributed by atoms with Gasteiger partial charge in [-0.15, -0.1) is 0 Å². The van der Waals surface area contributed by atoms with E-state index in [4.69, 9.17) is 9.47 Å². The molecule has 1 N–H and O–H groups in total. The van der Waals surface area contributed by atoms with Crippen LogP contribution in [0.5, 0.6) is 5.75 Å². The molecule has 0 spiro atoms. The molecule has 2 aromatic rings. The lowest BCUT2D eigenvalue weighted by Gasteiger charge is -2.31. The van der Waals surface area contributed by atoms with Crippen LogP contribution in [0.1, 0.15) is 12.8 Å². The van der Waals surface area contributed by atoms with Crippen LogP contribution in [0.25, 0.3) is 10.9 Å². The van der Waals surface area contributed by atoms with Crippen LogP contribution in [0.15, 0.2) is 30.5 Å². The minimum absolute atomic E-state index is 0.0233. The zero-order valence-electron chi connectivity index (χ0n) is 14.5. The number of methoxy groups -OCH3 is 2. The average molecular weight is 345 g/mol. The topological polar surface area (TPSA) is 72.8 Å². The molecule has 7 nitrogen and oxygen atoms in total. The van der Waals surface area contributed by atoms with Gasteiger partial charge in [0.15, 0.2) is 0 Å². The van der Waals surface area contributed by atoms with Crippen LogP contribution in [-0.2, 0) is 16.1 Å². The number of nitrogens with zero attached hydrogens (tertiary/aromatic N) is 2. The molecular formula is C18H23N3O4. The Morgan fingerprint density at radius 1 is 1.20 bits per heavy atom. The Kier molecular flexibility index (Phi) is 5.11. The number of hydrogen-bond donors (Lipinski definition) is 1. The molecule has 25 heavy (non-hydrogen) atoms. The van der Waals surface area contributed by atoms with Crippen LogP contribution in [0.2, 0.25) is 0 Å². The number of ether oxygens (including phenoxy) is 2. The number of likely N-dealkylation sites (tertiary alicyclic amines) is 1. The van der Waals surface area contributed by atoms with E-state index in [0.29, 0.717) is 13.1 Å². The van der Waals surface area contributed by atoms with Gasteiger partial charge in [-0.3, -0.25) is 4.79 Å². The van der Waals surface area contributed by atoms with Crippen molar-refractivity contribution < 1.29 is 19.1 Å². The average Bonchev–Trinajstić information content (AvgIpc) is 3.03. The maximum Gasteiger partial charge on any atom is 0.409 e. The van der Waals surface area contributed by atoms with E-state index in [0.717, 1.165) is 29.5 Å². The Morgan fingerprint density at radius 2 is 1.96 bits per heavy atom. The summed E-state index contributed by atoms with van der Waals surface area (Å²) in [6.45, 7) is 1.47. The van der Waals surface area contributed by atoms with E-state index in [1.165, 1.54) is 7.11 Å². The molecular weight excluding hydrogens is 322 g/mol. The minimum atomic E-state index is -0.306. The summed E-state index contributed by atoms with van der Waals surface area (Å²) in [5.74, 6) is 0.775. The first-order valence-corrected chi connectivity index (χ1v) is 8.36. The van der Waals surface area contributed by atoms with E-state index < -0.39 is 0 Å². The van der Waals surface area contributed by atoms with Crippen LogP contribution in [0.3, 0.4) is 0 Å². The fraction of sp³-hybridized carbons (Fsp3) is 0.444. The van der Waals surface area contributed by atoms with Crippen LogP contribution in [0, 0.1) is 0 Å². The highest BCUT2D eigenvalue weighted by atomic mass is 16.5. The van der Waals surface area contributed by atoms with Crippen molar-refractivity contribution in [3.63, 3.8) is 0 Å². The second-order valence-corrected chi connectivity index (χ2v) is 6.17. The third-order valence-corrected chi connectivity index (χ3v) is 4.59. The Morgan fingerprint density at radius 3 is 2.64 bits per heavy atom. The van der Waals surface area contributed by atoms with Gasteiger partial charge in [-0.1, -0.05) is 0 Å². The summed E-state index contributed by atoms with van der Waals surface area (Å²) >= 11 is 0. The Labute approximate surface area is 146 Å². The highest BCUT2D eigenvalue weighted by Gasteiger charge is 2.24. The Balaban J connectivity index is 1.56. The van der Waals surface area contributed by atoms with Crippen molar-refractivity contribution in [2.75, 3.05) is 27.3 Å². The van der Waals surface area contributed by atoms with Crippen LogP contribution in [-0.4, -0.2) is 54.8 Å². The standard InChI is InChI=1S/C18H23N3O4/c1-24-15-3-4-16-13(11-15)5-8-21(16)12-17(22)19-14-6-9-20(10-7-14)18(23)25-2/h3-5,8,11,14H,6-7,9-10,12H2,1-2H3,(H,19,22). The molecule has 1 aliphatic rings. The molecule has 0 radical (unpaired) electrons. The first-order chi connectivity index (χ1) is 12.1. The lowest BCUT2D eigenvalue weighted by Crippen LogP contribution is -2.47. The third-order valence-electron chi connectivity index (χ3n) is 4.59. The lowest BCUT2D eigenvalue weighted by atomic mass is 10.1. The molecule has 0 bridgehead atoms. The zero-order chi connectivity index (χ0) is 17.8. The van der Waals surface area contributed by atoms with E-state index in [2.05, 4.69) is 5.32 Å². The van der Waals surface area contributed by atoms with Crippen molar-refractivity contribution in [3.05, 3.63) is 30.5 Å². The molecule has 2 amide bonds. The molecule has 3 rings (SSSR count). The Bertz CT molecular complexity index is 763. The molecule has 2 heterocycles. The maximum atomic E-state index is 12.4. The molecule has 1 fully saturated rings. The zero-order valence-corrected chi connectivity index (χ0v) is 14.5. The molecule has 1 aromatic heterocycles. The molecule has 0 aliphatic carbocycles. The van der Waals surface area contributed by atoms with Gasteiger partial charge in [0.2, 0.25) is 5.91 Å². The van der Waals surface area contributed by atoms with Gasteiger partial charge in [-0.05, 0) is 37.1 Å². The first-order valence-electron chi connectivity index (χ1n) is 8.36. The molecule has 7 heteroatoms. The van der Waals surface area contributed by atoms with Gasteiger partial charge in [0.25, 0.3) is 0 Å². The largest absolute Gasteiger partial charge is 0.497 e. The first kappa shape index (κ1) is 17.1. The smallest absolute Gasteiger partial charge is 0.409 e. The summed E-state index contributed by atoms with van der Waals surface area (Å²) in [7, 11) is 3.02. The fourth-order valence-electron chi connectivity index (χ4n) is 3.21. The van der Waals surface area contributed by atoms with Crippen molar-refractivity contribution >= 4 is 22.9 Å². The highest BCUT2D eigenvalue weighted by Crippen LogP contribution is 2.21. The lowest BCUT2D eigenvalue weighted by molar-refractivity contribution is -0.122. The minimum Gasteiger partial charge on any atom is -0.497 e. The summed E-state index contributed by atoms with van der Waals surface area (Å²) in [5.41, 5.74) is 0.997. The third kappa shape index (κ3) is 3.87. The van der Waals surface area contributed by atoms with Crippen molar-refractivity contribution in [1.29, 1.82) is 0 Å². The number of benzene rings is 1. The number of carbonyl (C=O) groups is 2. The van der Waals surface area contributed by atoms with Gasteiger partial charge in [-0.25, -0.2) is 4.79 Å². The van der Waals surface area contributed by atoms with Crippen LogP contribution in [0.4, 0.5) is 4.79 Å². The van der Waals surface area contributed by atoms with Gasteiger partial charge in [0, 0.05) is 36.2 Å². The Hall–Kier alpha value is -2.70. The van der Waals surface area contributed by atoms with Gasteiger partial charge < -0.3 is 24.3 Å². The van der Waals surface area contributed by atoms with Gasteiger partial charge in [0.05, 0.1) is 14.2 Å². The fourth-order valence-corrected chi connectivity index (χ4v) is 3.21. The van der Waals surface area contributed by atoms with Gasteiger partial charge in [0.1, 0.15) is 12.3 Å². The predicted octanol–water partition coefficient (Wildman–Crippen LogP) is 2.00. The summed E-state index contributed by atoms with van der Waals surface area (Å²) in [4.78, 5) is 25.5. The van der Waals surface area contributed by atoms with Gasteiger partial charge >= 0.3 is 6.09 Å². The normalized spacial score (nSPS) is 15.2. The highest BCUT2D eigenvalue weighted by molar-refractivity contribution is 5.84. The summed E-state index contributed by atoms with van der Waals surface area (Å²) in [6.07, 6.45) is 3.08. The van der Waals surface area contributed by atoms with Crippen molar-refractivity contribution in [2.45, 2.75) is 25.4 Å². The number of aromatic nitrogens is 1. The van der Waals surface area contributed by atoms with Crippen molar-refractivity contribution in [1.82, 2.24) is 14.8 Å². The summed E-state index contributed by atoms with van der Waals surface area (Å²) in [6, 6.07) is 7.86. The second-order valence-electron chi connectivity index (χ2n) is 6.17. The molecule has 0 atom stereocenters. The molecule has 1 aromatic carbocycles. The molecule has 0 unspecified atom stereocenters. The summed E-state index contributed by atoms with van der Waals surface area (Å²) in [5, 5.41) is 4.10. The number of hydrogen-bond acceptors (Lipinski definition) is 4. The predicted molar refractivity (Wildman–Crippen MR) is 93.6 cm³/mol. The van der Waals surface area contributed by atoms with Crippen molar-refractivity contribution in [2.24, 2.45) is 0 Å². The monoisotopic (exact) mass is 345 g/mol. The van der Waals surface area contributed by atoms with E-state index in [1.807, 2.05) is 35.0 Å². The van der Waals surface area contributed by atoms with E-state index in [1.54, 1.807) is 12.0 Å². The number of fused-ring (bicyclic) bond motifs is 1. The van der Waals surface area contributed by atoms with Gasteiger partial charge in [-0.2, -0.15) is 0 Å². The number of amides is 2. The van der Waals surface area contributed by atoms with Crippen LogP contribution >= 0.6 is 0 Å². The van der Waals surface area contributed by atoms with E-state index in [9.17, 15) is 9.59 Å². The quantitative estimate of drug-likeness (QED) is 0.920. The molecule has 1 aliphatic heterocycles. The number of rotatable bonds is 4. The molecule has 1 saturated heterocycles. The second kappa shape index (κ2) is 7.46. The molecule has 0 saturated carbocycles. The van der Waals surface area contributed by atoms with Crippen molar-refractivity contribution in [3.8, 4) is 5.75 Å². The maximum absolute atomic E-state index is 12.4. The van der Waals surface area contributed by atoms with Crippen LogP contribution < -0.4 is 10.1 Å². The number of piperidine rings is 1. The van der Waals surface area contributed by atoms with E-state index >= 15 is 0 Å². The summed E-state index contributed by atoms with van der Waals surface area (Å²) < 4.78 is 11.9. The molecule has 134 valence electrons. The number of carbonyl (C=O) groups excluding carboxylic acids is 2. The number of nitrogens with one attached hydrogen (secondary N) is 1. The SMILES string of the molecule is COC(=O)N1CCC(NC(=O)Cn2ccc3cc(OC)ccc32)CC1.